The Morgan fingerprint density at radius 2 is 1.71 bits per heavy atom. The summed E-state index contributed by atoms with van der Waals surface area (Å²) in [4.78, 5) is 10.7. The van der Waals surface area contributed by atoms with Crippen molar-refractivity contribution in [3.05, 3.63) is 84.6 Å². The highest BCUT2D eigenvalue weighted by Gasteiger charge is 2.43. The smallest absolute Gasteiger partial charge is 0.303 e. The van der Waals surface area contributed by atoms with Crippen LogP contribution in [0.1, 0.15) is 45.1 Å². The first-order chi connectivity index (χ1) is 14.5. The molecule has 4 nitrogen and oxygen atoms in total. The third-order valence-electron chi connectivity index (χ3n) is 5.56. The van der Waals surface area contributed by atoms with Crippen molar-refractivity contribution in [3.63, 3.8) is 0 Å². The minimum absolute atomic E-state index is 0. The van der Waals surface area contributed by atoms with Gasteiger partial charge in [-0.2, -0.15) is 4.58 Å². The Hall–Kier alpha value is -2.66. The second kappa shape index (κ2) is 11.7. The molecule has 0 saturated heterocycles. The van der Waals surface area contributed by atoms with E-state index in [-0.39, 0.29) is 28.8 Å². The second-order valence-electron chi connectivity index (χ2n) is 8.11. The van der Waals surface area contributed by atoms with Crippen molar-refractivity contribution in [3.8, 4) is 0 Å². The summed E-state index contributed by atoms with van der Waals surface area (Å²) in [5, 5.41) is 12.1. The lowest BCUT2D eigenvalue weighted by Crippen LogP contribution is -3.00. The first-order valence-corrected chi connectivity index (χ1v) is 10.6. The molecule has 0 unspecified atom stereocenters. The highest BCUT2D eigenvalue weighted by Crippen LogP contribution is 2.39. The molecule has 0 spiro atoms. The zero-order valence-electron chi connectivity index (χ0n) is 18.2. The average Bonchev–Trinajstić information content (AvgIpc) is 2.95. The van der Waals surface area contributed by atoms with Gasteiger partial charge in [-0.1, -0.05) is 42.5 Å². The van der Waals surface area contributed by atoms with E-state index in [9.17, 15) is 4.79 Å². The van der Waals surface area contributed by atoms with Gasteiger partial charge in [-0.3, -0.25) is 4.79 Å². The highest BCUT2D eigenvalue weighted by molar-refractivity contribution is 6.03. The summed E-state index contributed by atoms with van der Waals surface area (Å²) < 4.78 is 2.39. The summed E-state index contributed by atoms with van der Waals surface area (Å²) in [6.45, 7) is 5.43. The summed E-state index contributed by atoms with van der Waals surface area (Å²) in [5.74, 6) is -0.714. The molecule has 0 saturated carbocycles. The number of unbranched alkanes of at least 4 members (excludes halogenated alkanes) is 2. The number of nitrogens with zero attached hydrogens (tertiary/aromatic N) is 1. The lowest BCUT2D eigenvalue weighted by molar-refractivity contribution is -0.438. The van der Waals surface area contributed by atoms with Crippen LogP contribution in [0.4, 0.5) is 11.4 Å². The van der Waals surface area contributed by atoms with Crippen LogP contribution >= 0.6 is 0 Å². The quantitative estimate of drug-likeness (QED) is 0.311. The van der Waals surface area contributed by atoms with Gasteiger partial charge in [-0.05, 0) is 44.9 Å². The minimum atomic E-state index is -0.714. The fraction of sp³-hybridized carbons (Fsp3) is 0.308. The Morgan fingerprint density at radius 3 is 2.45 bits per heavy atom. The van der Waals surface area contributed by atoms with Crippen molar-refractivity contribution >= 4 is 23.1 Å². The predicted octanol–water partition coefficient (Wildman–Crippen LogP) is 2.89. The van der Waals surface area contributed by atoms with Gasteiger partial charge in [-0.15, -0.1) is 0 Å². The third-order valence-corrected chi connectivity index (χ3v) is 5.56. The first-order valence-electron chi connectivity index (χ1n) is 10.6. The molecular weight excluding hydrogens is 452 g/mol. The Labute approximate surface area is 195 Å². The van der Waals surface area contributed by atoms with Crippen LogP contribution in [0.3, 0.4) is 0 Å². The third kappa shape index (κ3) is 6.41. The molecule has 0 amide bonds. The van der Waals surface area contributed by atoms with Crippen molar-refractivity contribution in [1.29, 1.82) is 0 Å². The fourth-order valence-corrected chi connectivity index (χ4v) is 3.99. The van der Waals surface area contributed by atoms with Crippen molar-refractivity contribution in [2.24, 2.45) is 0 Å². The van der Waals surface area contributed by atoms with Crippen LogP contribution in [-0.2, 0) is 10.2 Å². The number of hydrogen-bond donors (Lipinski definition) is 2. The monoisotopic (exact) mass is 482 g/mol. The van der Waals surface area contributed by atoms with Crippen molar-refractivity contribution in [2.75, 3.05) is 11.9 Å². The lowest BCUT2D eigenvalue weighted by Gasteiger charge is -2.15. The Balaban J connectivity index is 0.00000341. The number of halogens is 1. The van der Waals surface area contributed by atoms with E-state index < -0.39 is 5.97 Å². The van der Waals surface area contributed by atoms with Gasteiger partial charge < -0.3 is 27.4 Å². The van der Waals surface area contributed by atoms with E-state index in [2.05, 4.69) is 60.2 Å². The number of allylic oxidation sites excluding steroid dienone is 3. The number of fused-ring (bicyclic) bond motifs is 1. The zero-order valence-corrected chi connectivity index (χ0v) is 19.8. The predicted molar refractivity (Wildman–Crippen MR) is 124 cm³/mol. The molecule has 3 rings (SSSR count). The molecule has 0 aromatic heterocycles. The molecule has 1 aliphatic rings. The molecule has 0 bridgehead atoms. The van der Waals surface area contributed by atoms with Crippen LogP contribution in [0.15, 0.2) is 79.0 Å². The number of para-hydroxylation sites is 2. The van der Waals surface area contributed by atoms with E-state index in [0.717, 1.165) is 31.5 Å². The maximum absolute atomic E-state index is 10.7. The van der Waals surface area contributed by atoms with Gasteiger partial charge in [0.2, 0.25) is 5.69 Å². The summed E-state index contributed by atoms with van der Waals surface area (Å²) >= 11 is 0. The summed E-state index contributed by atoms with van der Waals surface area (Å²) in [6.07, 6.45) is 11.1. The molecular formula is C26H31BrN2O2. The highest BCUT2D eigenvalue weighted by atomic mass is 79.9. The van der Waals surface area contributed by atoms with E-state index in [0.29, 0.717) is 0 Å². The van der Waals surface area contributed by atoms with Gasteiger partial charge in [0.1, 0.15) is 6.54 Å². The van der Waals surface area contributed by atoms with Gasteiger partial charge in [0.05, 0.1) is 5.41 Å². The molecule has 164 valence electrons. The first kappa shape index (κ1) is 24.6. The SMILES string of the molecule is CC1(C)C(C=CC=CNc2ccccc2)=[N+](CCCCCC(=O)O)c2ccccc21.[Br-]. The Kier molecular flexibility index (Phi) is 9.25. The maximum atomic E-state index is 10.7. The number of carboxylic acids is 1. The number of hydrogen-bond acceptors (Lipinski definition) is 2. The largest absolute Gasteiger partial charge is 1.00 e. The normalized spacial score (nSPS) is 14.6. The Bertz CT molecular complexity index is 962. The van der Waals surface area contributed by atoms with Crippen LogP contribution in [0.5, 0.6) is 0 Å². The molecule has 0 fully saturated rings. The van der Waals surface area contributed by atoms with Crippen molar-refractivity contribution < 1.29 is 31.5 Å². The van der Waals surface area contributed by atoms with Crippen LogP contribution in [0.25, 0.3) is 0 Å². The van der Waals surface area contributed by atoms with Gasteiger partial charge in [0.25, 0.3) is 0 Å². The fourth-order valence-electron chi connectivity index (χ4n) is 3.99. The number of rotatable bonds is 10. The molecule has 0 aliphatic carbocycles. The minimum Gasteiger partial charge on any atom is -1.00 e. The molecule has 5 heteroatoms. The van der Waals surface area contributed by atoms with E-state index in [1.54, 1.807) is 0 Å². The topological polar surface area (TPSA) is 52.3 Å². The van der Waals surface area contributed by atoms with Crippen LogP contribution in [0, 0.1) is 0 Å². The summed E-state index contributed by atoms with van der Waals surface area (Å²) in [7, 11) is 0. The number of aliphatic carboxylic acids is 1. The van der Waals surface area contributed by atoms with Gasteiger partial charge in [0.15, 0.2) is 5.71 Å². The maximum Gasteiger partial charge on any atom is 0.303 e. The lowest BCUT2D eigenvalue weighted by atomic mass is 9.81. The molecule has 1 heterocycles. The van der Waals surface area contributed by atoms with Gasteiger partial charge >= 0.3 is 5.97 Å². The van der Waals surface area contributed by atoms with E-state index >= 15 is 0 Å². The average molecular weight is 483 g/mol. The van der Waals surface area contributed by atoms with Crippen LogP contribution in [-0.4, -0.2) is 27.9 Å². The van der Waals surface area contributed by atoms with Gasteiger partial charge in [0, 0.05) is 42.4 Å². The molecule has 31 heavy (non-hydrogen) atoms. The molecule has 2 N–H and O–H groups in total. The molecule has 0 atom stereocenters. The number of nitrogens with one attached hydrogen (secondary N) is 1. The number of benzene rings is 2. The molecule has 1 aliphatic heterocycles. The molecule has 2 aromatic rings. The standard InChI is InChI=1S/C26H30N2O2.BrH/c1-26(2)22-15-8-9-16-23(22)28(20-12-4-7-18-25(29)30)24(26)17-10-11-19-27-21-13-5-3-6-14-21;/h3,5-6,8-11,13-17,19H,4,7,12,18,20H2,1-2H3,(H,29,30);1H. The number of carbonyl (C=O) groups is 1. The van der Waals surface area contributed by atoms with Crippen LogP contribution in [0.2, 0.25) is 0 Å². The number of anilines is 1. The van der Waals surface area contributed by atoms with Crippen molar-refractivity contribution in [2.45, 2.75) is 44.9 Å². The number of carboxylic acid groups (broad SMARTS) is 1. The summed E-state index contributed by atoms with van der Waals surface area (Å²) in [5.41, 5.74) is 4.85. The van der Waals surface area contributed by atoms with Crippen molar-refractivity contribution in [1.82, 2.24) is 0 Å². The summed E-state index contributed by atoms with van der Waals surface area (Å²) in [6, 6.07) is 18.7. The zero-order chi connectivity index (χ0) is 21.4. The van der Waals surface area contributed by atoms with E-state index in [1.807, 2.05) is 42.6 Å². The van der Waals surface area contributed by atoms with Crippen LogP contribution < -0.4 is 22.3 Å². The van der Waals surface area contributed by atoms with E-state index in [1.165, 1.54) is 17.0 Å². The van der Waals surface area contributed by atoms with E-state index in [4.69, 9.17) is 5.11 Å². The second-order valence-corrected chi connectivity index (χ2v) is 8.11. The molecule has 0 radical (unpaired) electrons. The molecule has 2 aromatic carbocycles. The van der Waals surface area contributed by atoms with Gasteiger partial charge in [-0.25, -0.2) is 0 Å². The Morgan fingerprint density at radius 1 is 1.00 bits per heavy atom.